The van der Waals surface area contributed by atoms with Crippen molar-refractivity contribution in [1.82, 2.24) is 10.2 Å². The lowest BCUT2D eigenvalue weighted by Gasteiger charge is -2.19. The van der Waals surface area contributed by atoms with Crippen molar-refractivity contribution in [2.75, 3.05) is 20.1 Å². The van der Waals surface area contributed by atoms with Crippen LogP contribution in [0.15, 0.2) is 24.3 Å². The van der Waals surface area contributed by atoms with Gasteiger partial charge in [0.1, 0.15) is 0 Å². The summed E-state index contributed by atoms with van der Waals surface area (Å²) in [7, 11) is 2.16. The fourth-order valence-corrected chi connectivity index (χ4v) is 2.57. The zero-order valence-corrected chi connectivity index (χ0v) is 11.2. The summed E-state index contributed by atoms with van der Waals surface area (Å²) in [6.45, 7) is 3.26. The quantitative estimate of drug-likeness (QED) is 0.867. The molecular formula is C14H21ClN2. The van der Waals surface area contributed by atoms with E-state index >= 15 is 0 Å². The van der Waals surface area contributed by atoms with Crippen molar-refractivity contribution in [3.8, 4) is 0 Å². The maximum Gasteiger partial charge on any atom is 0.0451 e. The summed E-state index contributed by atoms with van der Waals surface area (Å²) in [5.74, 6) is 0. The first-order valence-electron chi connectivity index (χ1n) is 6.41. The van der Waals surface area contributed by atoms with Gasteiger partial charge in [0, 0.05) is 17.6 Å². The smallest absolute Gasteiger partial charge is 0.0451 e. The molecule has 1 unspecified atom stereocenters. The number of benzene rings is 1. The average Bonchev–Trinajstić information content (AvgIpc) is 2.82. The van der Waals surface area contributed by atoms with Crippen molar-refractivity contribution in [1.29, 1.82) is 0 Å². The van der Waals surface area contributed by atoms with Gasteiger partial charge >= 0.3 is 0 Å². The molecule has 3 heteroatoms. The number of halogens is 1. The van der Waals surface area contributed by atoms with Gasteiger partial charge in [-0.05, 0) is 51.0 Å². The topological polar surface area (TPSA) is 15.3 Å². The monoisotopic (exact) mass is 252 g/mol. The molecule has 0 bridgehead atoms. The molecule has 1 saturated heterocycles. The van der Waals surface area contributed by atoms with Crippen LogP contribution >= 0.6 is 11.6 Å². The van der Waals surface area contributed by atoms with Crippen molar-refractivity contribution in [2.45, 2.75) is 31.8 Å². The van der Waals surface area contributed by atoms with E-state index in [2.05, 4.69) is 23.3 Å². The Hall–Kier alpha value is -0.570. The van der Waals surface area contributed by atoms with Gasteiger partial charge in [0.25, 0.3) is 0 Å². The predicted molar refractivity (Wildman–Crippen MR) is 73.4 cm³/mol. The highest BCUT2D eigenvalue weighted by atomic mass is 35.5. The van der Waals surface area contributed by atoms with E-state index in [-0.39, 0.29) is 0 Å². The first kappa shape index (κ1) is 12.9. The number of nitrogens with zero attached hydrogens (tertiary/aromatic N) is 1. The van der Waals surface area contributed by atoms with Crippen LogP contribution in [0.3, 0.4) is 0 Å². The van der Waals surface area contributed by atoms with Crippen molar-refractivity contribution in [2.24, 2.45) is 0 Å². The van der Waals surface area contributed by atoms with E-state index in [1.54, 1.807) is 0 Å². The van der Waals surface area contributed by atoms with Crippen LogP contribution in [0.5, 0.6) is 0 Å². The molecule has 2 rings (SSSR count). The van der Waals surface area contributed by atoms with Crippen LogP contribution < -0.4 is 5.32 Å². The minimum atomic E-state index is 0.726. The fraction of sp³-hybridized carbons (Fsp3) is 0.571. The maximum absolute atomic E-state index is 6.16. The molecule has 1 N–H and O–H groups in total. The molecule has 0 radical (unpaired) electrons. The van der Waals surface area contributed by atoms with Crippen LogP contribution in [-0.2, 0) is 6.54 Å². The lowest BCUT2D eigenvalue weighted by molar-refractivity contribution is 0.306. The van der Waals surface area contributed by atoms with E-state index in [0.29, 0.717) is 0 Å². The van der Waals surface area contributed by atoms with Gasteiger partial charge in [-0.3, -0.25) is 0 Å². The number of nitrogens with one attached hydrogen (secondary N) is 1. The molecule has 1 aromatic carbocycles. The summed E-state index contributed by atoms with van der Waals surface area (Å²) in [5, 5.41) is 4.41. The summed E-state index contributed by atoms with van der Waals surface area (Å²) in [6, 6.07) is 8.82. The summed E-state index contributed by atoms with van der Waals surface area (Å²) >= 11 is 6.16. The average molecular weight is 253 g/mol. The van der Waals surface area contributed by atoms with E-state index < -0.39 is 0 Å². The molecule has 1 aliphatic heterocycles. The van der Waals surface area contributed by atoms with Crippen LogP contribution in [0, 0.1) is 0 Å². The summed E-state index contributed by atoms with van der Waals surface area (Å²) in [4.78, 5) is 2.35. The first-order valence-corrected chi connectivity index (χ1v) is 6.79. The zero-order valence-electron chi connectivity index (χ0n) is 10.5. The SMILES string of the molecule is CN(CCC1CCCN1)Cc1ccccc1Cl. The zero-order chi connectivity index (χ0) is 12.1. The Balaban J connectivity index is 1.76. The normalized spacial score (nSPS) is 20.1. The molecule has 0 aromatic heterocycles. The third kappa shape index (κ3) is 3.98. The summed E-state index contributed by atoms with van der Waals surface area (Å²) < 4.78 is 0. The lowest BCUT2D eigenvalue weighted by atomic mass is 10.1. The third-order valence-electron chi connectivity index (χ3n) is 3.42. The van der Waals surface area contributed by atoms with Crippen LogP contribution in [0.2, 0.25) is 5.02 Å². The van der Waals surface area contributed by atoms with Crippen LogP contribution in [-0.4, -0.2) is 31.1 Å². The van der Waals surface area contributed by atoms with Gasteiger partial charge in [-0.1, -0.05) is 29.8 Å². The predicted octanol–water partition coefficient (Wildman–Crippen LogP) is 2.91. The second kappa shape index (κ2) is 6.39. The van der Waals surface area contributed by atoms with E-state index in [9.17, 15) is 0 Å². The molecule has 0 saturated carbocycles. The molecule has 1 heterocycles. The first-order chi connectivity index (χ1) is 8.25. The minimum absolute atomic E-state index is 0.726. The second-order valence-electron chi connectivity index (χ2n) is 4.91. The van der Waals surface area contributed by atoms with E-state index in [1.165, 1.54) is 31.4 Å². The van der Waals surface area contributed by atoms with Crippen molar-refractivity contribution >= 4 is 11.6 Å². The number of rotatable bonds is 5. The van der Waals surface area contributed by atoms with Gasteiger partial charge in [-0.25, -0.2) is 0 Å². The molecule has 94 valence electrons. The van der Waals surface area contributed by atoms with Gasteiger partial charge in [0.05, 0.1) is 0 Å². The van der Waals surface area contributed by atoms with Gasteiger partial charge in [0.15, 0.2) is 0 Å². The number of hydrogen-bond donors (Lipinski definition) is 1. The minimum Gasteiger partial charge on any atom is -0.314 e. The Bertz CT molecular complexity index is 348. The van der Waals surface area contributed by atoms with Crippen molar-refractivity contribution < 1.29 is 0 Å². The van der Waals surface area contributed by atoms with Crippen LogP contribution in [0.1, 0.15) is 24.8 Å². The van der Waals surface area contributed by atoms with Gasteiger partial charge in [-0.15, -0.1) is 0 Å². The Morgan fingerprint density at radius 2 is 2.24 bits per heavy atom. The summed E-state index contributed by atoms with van der Waals surface area (Å²) in [5.41, 5.74) is 1.22. The number of hydrogen-bond acceptors (Lipinski definition) is 2. The van der Waals surface area contributed by atoms with E-state index in [1.807, 2.05) is 18.2 Å². The molecular weight excluding hydrogens is 232 g/mol. The Morgan fingerprint density at radius 3 is 2.94 bits per heavy atom. The molecule has 17 heavy (non-hydrogen) atoms. The Morgan fingerprint density at radius 1 is 1.41 bits per heavy atom. The molecule has 0 aliphatic carbocycles. The molecule has 1 aromatic rings. The van der Waals surface area contributed by atoms with E-state index in [4.69, 9.17) is 11.6 Å². The van der Waals surface area contributed by atoms with Gasteiger partial charge in [-0.2, -0.15) is 0 Å². The molecule has 1 aliphatic rings. The van der Waals surface area contributed by atoms with E-state index in [0.717, 1.165) is 24.2 Å². The highest BCUT2D eigenvalue weighted by Gasteiger charge is 2.14. The van der Waals surface area contributed by atoms with Crippen molar-refractivity contribution in [3.05, 3.63) is 34.9 Å². The maximum atomic E-state index is 6.16. The fourth-order valence-electron chi connectivity index (χ4n) is 2.38. The summed E-state index contributed by atoms with van der Waals surface area (Å²) in [6.07, 6.45) is 3.90. The molecule has 0 spiro atoms. The standard InChI is InChI=1S/C14H21ClN2/c1-17(10-8-13-6-4-9-16-13)11-12-5-2-3-7-14(12)15/h2-3,5,7,13,16H,4,6,8-11H2,1H3. The van der Waals surface area contributed by atoms with Crippen LogP contribution in [0.4, 0.5) is 0 Å². The molecule has 0 amide bonds. The van der Waals surface area contributed by atoms with Crippen LogP contribution in [0.25, 0.3) is 0 Å². The Labute approximate surface area is 109 Å². The highest BCUT2D eigenvalue weighted by molar-refractivity contribution is 6.31. The van der Waals surface area contributed by atoms with Gasteiger partial charge in [0.2, 0.25) is 0 Å². The van der Waals surface area contributed by atoms with Gasteiger partial charge < -0.3 is 10.2 Å². The lowest BCUT2D eigenvalue weighted by Crippen LogP contribution is -2.28. The second-order valence-corrected chi connectivity index (χ2v) is 5.32. The molecule has 1 atom stereocenters. The molecule has 1 fully saturated rings. The molecule has 2 nitrogen and oxygen atoms in total. The van der Waals surface area contributed by atoms with Crippen molar-refractivity contribution in [3.63, 3.8) is 0 Å². The third-order valence-corrected chi connectivity index (χ3v) is 3.79. The highest BCUT2D eigenvalue weighted by Crippen LogP contribution is 2.17. The largest absolute Gasteiger partial charge is 0.314 e. The Kier molecular flexibility index (Phi) is 4.84.